The standard InChI is InChI=1S/C27H37NO4/c1-3-4-19-32-27(29)28-18-8-7-12-24(28)17-20-31-26-14-6-5-11-23(26)16-15-22-10-9-13-25(21-22)30-2/h5-6,9-11,13-14,21,24H,3-4,7-8,12,15-20H2,1-2H3. The van der Waals surface area contributed by atoms with Gasteiger partial charge in [-0.3, -0.25) is 0 Å². The molecule has 174 valence electrons. The lowest BCUT2D eigenvalue weighted by Crippen LogP contribution is -2.44. The highest BCUT2D eigenvalue weighted by Crippen LogP contribution is 2.24. The molecule has 2 aromatic carbocycles. The Morgan fingerprint density at radius 3 is 2.78 bits per heavy atom. The first-order valence-corrected chi connectivity index (χ1v) is 12.0. The Morgan fingerprint density at radius 2 is 1.94 bits per heavy atom. The van der Waals surface area contributed by atoms with Gasteiger partial charge in [0.1, 0.15) is 11.5 Å². The van der Waals surface area contributed by atoms with Gasteiger partial charge < -0.3 is 19.1 Å². The van der Waals surface area contributed by atoms with Gasteiger partial charge in [0.2, 0.25) is 0 Å². The molecule has 32 heavy (non-hydrogen) atoms. The number of piperidine rings is 1. The van der Waals surface area contributed by atoms with Gasteiger partial charge in [-0.05, 0) is 67.9 Å². The van der Waals surface area contributed by atoms with Gasteiger partial charge in [-0.15, -0.1) is 0 Å². The number of nitrogens with zero attached hydrogens (tertiary/aromatic N) is 1. The number of benzene rings is 2. The van der Waals surface area contributed by atoms with E-state index in [4.69, 9.17) is 14.2 Å². The van der Waals surface area contributed by atoms with Crippen molar-refractivity contribution >= 4 is 6.09 Å². The molecule has 0 saturated carbocycles. The maximum Gasteiger partial charge on any atom is 0.410 e. The van der Waals surface area contributed by atoms with Crippen molar-refractivity contribution in [3.8, 4) is 11.5 Å². The fraction of sp³-hybridized carbons (Fsp3) is 0.519. The molecule has 0 bridgehead atoms. The molecular weight excluding hydrogens is 402 g/mol. The van der Waals surface area contributed by atoms with Crippen molar-refractivity contribution < 1.29 is 19.0 Å². The first kappa shape index (κ1) is 24.0. The van der Waals surface area contributed by atoms with Crippen molar-refractivity contribution in [2.75, 3.05) is 26.9 Å². The smallest absolute Gasteiger partial charge is 0.410 e. The van der Waals surface area contributed by atoms with Crippen molar-refractivity contribution in [3.63, 3.8) is 0 Å². The molecular formula is C27H37NO4. The number of likely N-dealkylation sites (tertiary alicyclic amines) is 1. The number of rotatable bonds is 11. The SMILES string of the molecule is CCCCOC(=O)N1CCCCC1CCOc1ccccc1CCc1cccc(OC)c1. The summed E-state index contributed by atoms with van der Waals surface area (Å²) in [7, 11) is 1.70. The molecule has 1 aliphatic heterocycles. The predicted octanol–water partition coefficient (Wildman–Crippen LogP) is 6.04. The average Bonchev–Trinajstić information content (AvgIpc) is 2.84. The maximum absolute atomic E-state index is 12.5. The number of ether oxygens (including phenoxy) is 3. The van der Waals surface area contributed by atoms with Crippen molar-refractivity contribution in [3.05, 3.63) is 59.7 Å². The lowest BCUT2D eigenvalue weighted by Gasteiger charge is -2.35. The fourth-order valence-electron chi connectivity index (χ4n) is 4.19. The lowest BCUT2D eigenvalue weighted by molar-refractivity contribution is 0.0661. The summed E-state index contributed by atoms with van der Waals surface area (Å²) in [5.41, 5.74) is 2.45. The molecule has 5 nitrogen and oxygen atoms in total. The third-order valence-corrected chi connectivity index (χ3v) is 6.08. The molecule has 1 heterocycles. The zero-order chi connectivity index (χ0) is 22.6. The van der Waals surface area contributed by atoms with Crippen molar-refractivity contribution in [1.82, 2.24) is 4.90 Å². The first-order chi connectivity index (χ1) is 15.7. The van der Waals surface area contributed by atoms with Gasteiger partial charge in [-0.2, -0.15) is 0 Å². The van der Waals surface area contributed by atoms with E-state index in [1.807, 2.05) is 29.2 Å². The van der Waals surface area contributed by atoms with Crippen LogP contribution in [0, 0.1) is 0 Å². The zero-order valence-corrected chi connectivity index (χ0v) is 19.6. The Kier molecular flexibility index (Phi) is 9.73. The number of unbranched alkanes of at least 4 members (excludes halogenated alkanes) is 1. The normalized spacial score (nSPS) is 15.9. The molecule has 1 amide bonds. The Balaban J connectivity index is 1.52. The van der Waals surface area contributed by atoms with Crippen LogP contribution in [0.5, 0.6) is 11.5 Å². The van der Waals surface area contributed by atoms with Crippen LogP contribution in [0.3, 0.4) is 0 Å². The van der Waals surface area contributed by atoms with E-state index >= 15 is 0 Å². The molecule has 1 aliphatic rings. The fourth-order valence-corrected chi connectivity index (χ4v) is 4.19. The Morgan fingerprint density at radius 1 is 1.06 bits per heavy atom. The summed E-state index contributed by atoms with van der Waals surface area (Å²) in [5, 5.41) is 0. The van der Waals surface area contributed by atoms with Gasteiger partial charge >= 0.3 is 6.09 Å². The van der Waals surface area contributed by atoms with Crippen LogP contribution in [0.4, 0.5) is 4.79 Å². The van der Waals surface area contributed by atoms with E-state index in [1.165, 1.54) is 11.1 Å². The first-order valence-electron chi connectivity index (χ1n) is 12.0. The van der Waals surface area contributed by atoms with Gasteiger partial charge in [0.15, 0.2) is 0 Å². The molecule has 3 rings (SSSR count). The highest BCUT2D eigenvalue weighted by Gasteiger charge is 2.27. The molecule has 5 heteroatoms. The molecule has 2 aromatic rings. The van der Waals surface area contributed by atoms with Gasteiger partial charge in [-0.1, -0.05) is 43.7 Å². The summed E-state index contributed by atoms with van der Waals surface area (Å²) in [5.74, 6) is 1.82. The van der Waals surface area contributed by atoms with Crippen LogP contribution in [0.15, 0.2) is 48.5 Å². The Labute approximate surface area is 192 Å². The van der Waals surface area contributed by atoms with Crippen LogP contribution in [0.1, 0.15) is 56.6 Å². The molecule has 0 aromatic heterocycles. The van der Waals surface area contributed by atoms with Crippen LogP contribution in [0.25, 0.3) is 0 Å². The third kappa shape index (κ3) is 7.18. The van der Waals surface area contributed by atoms with Crippen LogP contribution in [-0.2, 0) is 17.6 Å². The second kappa shape index (κ2) is 13.0. The topological polar surface area (TPSA) is 48.0 Å². The average molecular weight is 440 g/mol. The molecule has 0 N–H and O–H groups in total. The van der Waals surface area contributed by atoms with Gasteiger partial charge in [0, 0.05) is 19.0 Å². The summed E-state index contributed by atoms with van der Waals surface area (Å²) >= 11 is 0. The molecule has 0 aliphatic carbocycles. The van der Waals surface area contributed by atoms with Gasteiger partial charge in [0.25, 0.3) is 0 Å². The summed E-state index contributed by atoms with van der Waals surface area (Å²) in [4.78, 5) is 14.4. The summed E-state index contributed by atoms with van der Waals surface area (Å²) < 4.78 is 17.0. The van der Waals surface area contributed by atoms with Crippen LogP contribution in [0.2, 0.25) is 0 Å². The van der Waals surface area contributed by atoms with E-state index in [0.29, 0.717) is 13.2 Å². The number of para-hydroxylation sites is 1. The number of methoxy groups -OCH3 is 1. The minimum absolute atomic E-state index is 0.165. The highest BCUT2D eigenvalue weighted by atomic mass is 16.6. The number of hydrogen-bond donors (Lipinski definition) is 0. The molecule has 1 atom stereocenters. The maximum atomic E-state index is 12.5. The molecule has 1 saturated heterocycles. The summed E-state index contributed by atoms with van der Waals surface area (Å²) in [6.45, 7) is 3.99. The summed E-state index contributed by atoms with van der Waals surface area (Å²) in [6, 6.07) is 16.7. The number of aryl methyl sites for hydroxylation is 2. The molecule has 0 spiro atoms. The van der Waals surface area contributed by atoms with E-state index in [0.717, 1.165) is 69.4 Å². The minimum atomic E-state index is -0.165. The molecule has 0 radical (unpaired) electrons. The molecule has 1 unspecified atom stereocenters. The quantitative estimate of drug-likeness (QED) is 0.401. The Bertz CT molecular complexity index is 838. The minimum Gasteiger partial charge on any atom is -0.497 e. The van der Waals surface area contributed by atoms with Crippen molar-refractivity contribution in [2.24, 2.45) is 0 Å². The number of amides is 1. The van der Waals surface area contributed by atoms with E-state index in [-0.39, 0.29) is 12.1 Å². The molecule has 1 fully saturated rings. The van der Waals surface area contributed by atoms with Crippen molar-refractivity contribution in [1.29, 1.82) is 0 Å². The number of carbonyl (C=O) groups excluding carboxylic acids is 1. The monoisotopic (exact) mass is 439 g/mol. The third-order valence-electron chi connectivity index (χ3n) is 6.08. The van der Waals surface area contributed by atoms with Gasteiger partial charge in [0.05, 0.1) is 20.3 Å². The second-order valence-electron chi connectivity index (χ2n) is 8.41. The largest absolute Gasteiger partial charge is 0.497 e. The summed E-state index contributed by atoms with van der Waals surface area (Å²) in [6.07, 6.45) is 7.66. The van der Waals surface area contributed by atoms with Gasteiger partial charge in [-0.25, -0.2) is 4.79 Å². The number of hydrogen-bond acceptors (Lipinski definition) is 4. The van der Waals surface area contributed by atoms with Crippen LogP contribution < -0.4 is 9.47 Å². The van der Waals surface area contributed by atoms with E-state index in [2.05, 4.69) is 31.2 Å². The predicted molar refractivity (Wildman–Crippen MR) is 128 cm³/mol. The Hall–Kier alpha value is -2.69. The van der Waals surface area contributed by atoms with Crippen LogP contribution >= 0.6 is 0 Å². The second-order valence-corrected chi connectivity index (χ2v) is 8.41. The van der Waals surface area contributed by atoms with E-state index < -0.39 is 0 Å². The van der Waals surface area contributed by atoms with E-state index in [9.17, 15) is 4.79 Å². The van der Waals surface area contributed by atoms with Crippen molar-refractivity contribution in [2.45, 2.75) is 64.3 Å². The lowest BCUT2D eigenvalue weighted by atomic mass is 10.00. The van der Waals surface area contributed by atoms with E-state index in [1.54, 1.807) is 7.11 Å². The highest BCUT2D eigenvalue weighted by molar-refractivity contribution is 5.68. The van der Waals surface area contributed by atoms with Crippen LogP contribution in [-0.4, -0.2) is 43.9 Å². The zero-order valence-electron chi connectivity index (χ0n) is 19.6. The number of carbonyl (C=O) groups is 1.